The Balaban J connectivity index is 1.79. The Hall–Kier alpha value is -1.26. The number of carbonyl (C=O) groups excluding carboxylic acids is 1. The highest BCUT2D eigenvalue weighted by atomic mass is 35.5. The van der Waals surface area contributed by atoms with Crippen molar-refractivity contribution in [3.8, 4) is 5.75 Å². The third-order valence-electron chi connectivity index (χ3n) is 4.93. The van der Waals surface area contributed by atoms with Crippen molar-refractivity contribution in [2.24, 2.45) is 5.41 Å². The number of benzene rings is 1. The fourth-order valence-corrected chi connectivity index (χ4v) is 3.31. The molecule has 1 aliphatic rings. The van der Waals surface area contributed by atoms with Gasteiger partial charge >= 0.3 is 0 Å². The number of ether oxygens (including phenoxy) is 1. The smallest absolute Gasteiger partial charge is 0.137 e. The van der Waals surface area contributed by atoms with Crippen molar-refractivity contribution in [2.75, 3.05) is 32.5 Å². The minimum Gasteiger partial charge on any atom is -0.496 e. The van der Waals surface area contributed by atoms with Gasteiger partial charge in [0.15, 0.2) is 0 Å². The maximum Gasteiger partial charge on any atom is 0.137 e. The van der Waals surface area contributed by atoms with Gasteiger partial charge in [0, 0.05) is 24.5 Å². The van der Waals surface area contributed by atoms with Crippen LogP contribution in [0.5, 0.6) is 5.75 Å². The van der Waals surface area contributed by atoms with E-state index in [4.69, 9.17) is 22.1 Å². The van der Waals surface area contributed by atoms with E-state index in [9.17, 15) is 4.79 Å². The Morgan fingerprint density at radius 2 is 2.00 bits per heavy atom. The maximum absolute atomic E-state index is 12.3. The quantitative estimate of drug-likeness (QED) is 0.755. The summed E-state index contributed by atoms with van der Waals surface area (Å²) < 4.78 is 5.30. The van der Waals surface area contributed by atoms with E-state index in [1.807, 2.05) is 0 Å². The highest BCUT2D eigenvalue weighted by Gasteiger charge is 2.24. The zero-order valence-electron chi connectivity index (χ0n) is 15.0. The number of rotatable bonds is 7. The van der Waals surface area contributed by atoms with Crippen LogP contribution in [0.3, 0.4) is 0 Å². The molecule has 1 saturated heterocycles. The maximum atomic E-state index is 12.3. The summed E-state index contributed by atoms with van der Waals surface area (Å²) in [6, 6.07) is 3.42. The van der Waals surface area contributed by atoms with Gasteiger partial charge in [0.2, 0.25) is 0 Å². The van der Waals surface area contributed by atoms with Gasteiger partial charge in [0.1, 0.15) is 11.5 Å². The first kappa shape index (κ1) is 19.1. The lowest BCUT2D eigenvalue weighted by Crippen LogP contribution is -2.37. The molecule has 0 saturated carbocycles. The number of methoxy groups -OCH3 is 1. The van der Waals surface area contributed by atoms with Crippen LogP contribution in [0.2, 0.25) is 5.02 Å². The van der Waals surface area contributed by atoms with Crippen molar-refractivity contribution in [1.29, 1.82) is 0 Å². The Morgan fingerprint density at radius 1 is 1.33 bits per heavy atom. The lowest BCUT2D eigenvalue weighted by Gasteiger charge is -2.36. The molecule has 134 valence electrons. The topological polar surface area (TPSA) is 55.6 Å². The molecule has 0 radical (unpaired) electrons. The minimum absolute atomic E-state index is 0.214. The predicted octanol–water partition coefficient (Wildman–Crippen LogP) is 3.94. The molecule has 0 aliphatic carbocycles. The van der Waals surface area contributed by atoms with E-state index in [-0.39, 0.29) is 5.78 Å². The lowest BCUT2D eigenvalue weighted by atomic mass is 9.82. The number of carbonyl (C=O) groups is 1. The van der Waals surface area contributed by atoms with Crippen LogP contribution in [-0.4, -0.2) is 37.4 Å². The number of hydrogen-bond acceptors (Lipinski definition) is 4. The van der Waals surface area contributed by atoms with Crippen LogP contribution in [0, 0.1) is 5.41 Å². The monoisotopic (exact) mass is 352 g/mol. The molecule has 1 aromatic carbocycles. The van der Waals surface area contributed by atoms with Gasteiger partial charge in [-0.1, -0.05) is 25.4 Å². The van der Waals surface area contributed by atoms with Gasteiger partial charge in [0.25, 0.3) is 0 Å². The summed E-state index contributed by atoms with van der Waals surface area (Å²) in [5, 5.41) is 0.467. The van der Waals surface area contributed by atoms with E-state index in [0.29, 0.717) is 34.7 Å². The number of hydrogen-bond donors (Lipinski definition) is 1. The van der Waals surface area contributed by atoms with Gasteiger partial charge in [-0.2, -0.15) is 0 Å². The number of halogens is 1. The van der Waals surface area contributed by atoms with Gasteiger partial charge in [-0.05, 0) is 50.4 Å². The largest absolute Gasteiger partial charge is 0.496 e. The summed E-state index contributed by atoms with van der Waals surface area (Å²) in [5.41, 5.74) is 7.52. The molecule has 2 rings (SSSR count). The number of anilines is 1. The Bertz CT molecular complexity index is 577. The summed E-state index contributed by atoms with van der Waals surface area (Å²) in [4.78, 5) is 14.7. The molecular weight excluding hydrogens is 324 g/mol. The average molecular weight is 353 g/mol. The van der Waals surface area contributed by atoms with Gasteiger partial charge in [-0.3, -0.25) is 4.79 Å². The first-order valence-electron chi connectivity index (χ1n) is 8.67. The molecule has 0 amide bonds. The number of likely N-dealkylation sites (tertiary alicyclic amines) is 1. The van der Waals surface area contributed by atoms with Crippen molar-refractivity contribution in [2.45, 2.75) is 46.0 Å². The molecular formula is C19H29ClN2O2. The van der Waals surface area contributed by atoms with E-state index in [1.54, 1.807) is 19.2 Å². The van der Waals surface area contributed by atoms with Crippen molar-refractivity contribution in [3.05, 3.63) is 22.7 Å². The van der Waals surface area contributed by atoms with Crippen molar-refractivity contribution in [1.82, 2.24) is 4.90 Å². The second-order valence-electron chi connectivity index (χ2n) is 7.51. The SMILES string of the molecule is COc1cc(N)c(Cl)cc1CC(=O)CCCN1CCC(C)(C)CC1. The Labute approximate surface area is 150 Å². The summed E-state index contributed by atoms with van der Waals surface area (Å²) in [5.74, 6) is 0.843. The molecule has 1 fully saturated rings. The third kappa shape index (κ3) is 5.38. The highest BCUT2D eigenvalue weighted by Crippen LogP contribution is 2.30. The molecule has 0 spiro atoms. The number of nitrogen functional groups attached to an aromatic ring is 1. The van der Waals surface area contributed by atoms with Crippen LogP contribution in [0.25, 0.3) is 0 Å². The molecule has 0 aromatic heterocycles. The molecule has 4 nitrogen and oxygen atoms in total. The number of Topliss-reactive ketones (excluding diaryl/α,β-unsaturated/α-hetero) is 1. The van der Waals surface area contributed by atoms with Crippen LogP contribution < -0.4 is 10.5 Å². The summed E-state index contributed by atoms with van der Waals surface area (Å²) >= 11 is 6.06. The van der Waals surface area contributed by atoms with Crippen LogP contribution >= 0.6 is 11.6 Å². The number of piperidine rings is 1. The normalized spacial score (nSPS) is 17.7. The van der Waals surface area contributed by atoms with E-state index in [1.165, 1.54) is 12.8 Å². The van der Waals surface area contributed by atoms with Crippen molar-refractivity contribution >= 4 is 23.1 Å². The van der Waals surface area contributed by atoms with E-state index >= 15 is 0 Å². The van der Waals surface area contributed by atoms with Crippen molar-refractivity contribution < 1.29 is 9.53 Å². The fraction of sp³-hybridized carbons (Fsp3) is 0.632. The van der Waals surface area contributed by atoms with Gasteiger partial charge in [-0.15, -0.1) is 0 Å². The minimum atomic E-state index is 0.214. The molecule has 0 atom stereocenters. The molecule has 24 heavy (non-hydrogen) atoms. The highest BCUT2D eigenvalue weighted by molar-refractivity contribution is 6.33. The average Bonchev–Trinajstić information content (AvgIpc) is 2.52. The van der Waals surface area contributed by atoms with Gasteiger partial charge in [-0.25, -0.2) is 0 Å². The van der Waals surface area contributed by atoms with E-state index in [0.717, 1.165) is 31.6 Å². The second kappa shape index (κ2) is 8.21. The van der Waals surface area contributed by atoms with Gasteiger partial charge < -0.3 is 15.4 Å². The van der Waals surface area contributed by atoms with E-state index < -0.39 is 0 Å². The molecule has 0 unspecified atom stereocenters. The van der Waals surface area contributed by atoms with Crippen molar-refractivity contribution in [3.63, 3.8) is 0 Å². The van der Waals surface area contributed by atoms with Crippen LogP contribution in [0.1, 0.15) is 45.1 Å². The van der Waals surface area contributed by atoms with Crippen LogP contribution in [-0.2, 0) is 11.2 Å². The zero-order valence-corrected chi connectivity index (χ0v) is 15.8. The van der Waals surface area contributed by atoms with Gasteiger partial charge in [0.05, 0.1) is 17.8 Å². The van der Waals surface area contributed by atoms with E-state index in [2.05, 4.69) is 18.7 Å². The third-order valence-corrected chi connectivity index (χ3v) is 5.25. The van der Waals surface area contributed by atoms with Crippen LogP contribution in [0.4, 0.5) is 5.69 Å². The molecule has 1 heterocycles. The number of nitrogens with two attached hydrogens (primary N) is 1. The first-order chi connectivity index (χ1) is 11.3. The molecule has 5 heteroatoms. The molecule has 0 bridgehead atoms. The Kier molecular flexibility index (Phi) is 6.53. The van der Waals surface area contributed by atoms with Crippen LogP contribution in [0.15, 0.2) is 12.1 Å². The number of nitrogens with zero attached hydrogens (tertiary/aromatic N) is 1. The second-order valence-corrected chi connectivity index (χ2v) is 7.92. The molecule has 1 aromatic rings. The Morgan fingerprint density at radius 3 is 2.62 bits per heavy atom. The summed E-state index contributed by atoms with van der Waals surface area (Å²) in [7, 11) is 1.58. The lowest BCUT2D eigenvalue weighted by molar-refractivity contribution is -0.118. The molecule has 2 N–H and O–H groups in total. The number of ketones is 1. The first-order valence-corrected chi connectivity index (χ1v) is 9.04. The fourth-order valence-electron chi connectivity index (χ4n) is 3.12. The zero-order chi connectivity index (χ0) is 17.7. The summed E-state index contributed by atoms with van der Waals surface area (Å²) in [6.45, 7) is 7.95. The predicted molar refractivity (Wildman–Crippen MR) is 99.8 cm³/mol. The molecule has 1 aliphatic heterocycles. The summed E-state index contributed by atoms with van der Waals surface area (Å²) in [6.07, 6.45) is 4.32. The standard InChI is InChI=1S/C19H29ClN2O2/c1-19(2)6-9-22(10-7-19)8-4-5-15(23)11-14-12-16(20)17(21)13-18(14)24-3/h12-13H,4-11,21H2,1-3H3.